The quantitative estimate of drug-likeness (QED) is 0.598. The predicted molar refractivity (Wildman–Crippen MR) is 115 cm³/mol. The van der Waals surface area contributed by atoms with Crippen molar-refractivity contribution in [1.82, 2.24) is 10.2 Å². The van der Waals surface area contributed by atoms with E-state index in [9.17, 15) is 9.90 Å². The zero-order chi connectivity index (χ0) is 19.9. The van der Waals surface area contributed by atoms with Crippen LogP contribution in [0.5, 0.6) is 0 Å². The number of aliphatic hydroxyl groups is 1. The first kappa shape index (κ1) is 20.9. The number of rotatable bonds is 4. The van der Waals surface area contributed by atoms with Crippen LogP contribution in [0.4, 0.5) is 5.69 Å². The summed E-state index contributed by atoms with van der Waals surface area (Å²) in [5.74, 6) is -0.421. The Morgan fingerprint density at radius 2 is 1.79 bits per heavy atom. The molecule has 0 radical (unpaired) electrons. The Labute approximate surface area is 170 Å². The summed E-state index contributed by atoms with van der Waals surface area (Å²) >= 11 is 1.38. The Kier molecular flexibility index (Phi) is 7.50. The van der Waals surface area contributed by atoms with Gasteiger partial charge in [-0.15, -0.1) is 11.3 Å². The molecule has 2 fully saturated rings. The largest absolute Gasteiger partial charge is 0.393 e. The number of nitrogens with zero attached hydrogens (tertiary/aromatic N) is 1. The highest BCUT2D eigenvalue weighted by atomic mass is 32.1. The third-order valence-electron chi connectivity index (χ3n) is 5.61. The van der Waals surface area contributed by atoms with Gasteiger partial charge in [-0.05, 0) is 38.7 Å². The van der Waals surface area contributed by atoms with Crippen molar-refractivity contribution < 1.29 is 9.90 Å². The lowest BCUT2D eigenvalue weighted by Gasteiger charge is -2.26. The van der Waals surface area contributed by atoms with Crippen LogP contribution in [0.1, 0.15) is 79.6 Å². The van der Waals surface area contributed by atoms with Gasteiger partial charge < -0.3 is 16.2 Å². The summed E-state index contributed by atoms with van der Waals surface area (Å²) in [6.07, 6.45) is 13.9. The molecule has 0 bridgehead atoms. The van der Waals surface area contributed by atoms with Gasteiger partial charge in [-0.1, -0.05) is 38.5 Å². The molecule has 6 nitrogen and oxygen atoms in total. The van der Waals surface area contributed by atoms with Gasteiger partial charge in [0.15, 0.2) is 0 Å². The third kappa shape index (κ3) is 5.58. The van der Waals surface area contributed by atoms with E-state index in [-0.39, 0.29) is 12.1 Å². The fraction of sp³-hybridized carbons (Fsp3) is 0.619. The Morgan fingerprint density at radius 3 is 2.29 bits per heavy atom. The van der Waals surface area contributed by atoms with Crippen LogP contribution in [-0.4, -0.2) is 33.4 Å². The summed E-state index contributed by atoms with van der Waals surface area (Å²) in [5, 5.41) is 19.9. The highest BCUT2D eigenvalue weighted by Gasteiger charge is 2.23. The van der Waals surface area contributed by atoms with Crippen LogP contribution in [0.15, 0.2) is 12.3 Å². The van der Waals surface area contributed by atoms with E-state index >= 15 is 0 Å². The van der Waals surface area contributed by atoms with Crippen LogP contribution >= 0.6 is 11.3 Å². The number of carbonyl (C=O) groups excluding carboxylic acids is 1. The fourth-order valence-corrected chi connectivity index (χ4v) is 4.95. The van der Waals surface area contributed by atoms with Crippen molar-refractivity contribution in [2.45, 2.75) is 83.3 Å². The normalized spacial score (nSPS) is 22.2. The molecule has 5 N–H and O–H groups in total. The molecule has 2 aliphatic rings. The molecule has 2 saturated carbocycles. The van der Waals surface area contributed by atoms with Gasteiger partial charge in [0, 0.05) is 22.2 Å². The summed E-state index contributed by atoms with van der Waals surface area (Å²) in [7, 11) is 0. The van der Waals surface area contributed by atoms with Gasteiger partial charge in [0.25, 0.3) is 5.91 Å². The molecular formula is C21H32N4O2S. The van der Waals surface area contributed by atoms with E-state index in [1.165, 1.54) is 49.9 Å². The Hall–Kier alpha value is -1.86. The number of nitrogens with one attached hydrogen (secondary N) is 2. The number of aliphatic hydroxyl groups excluding tert-OH is 1. The van der Waals surface area contributed by atoms with E-state index in [1.54, 1.807) is 6.20 Å². The summed E-state index contributed by atoms with van der Waals surface area (Å²) in [4.78, 5) is 13.2. The van der Waals surface area contributed by atoms with Crippen LogP contribution in [0.3, 0.4) is 0 Å². The topological polar surface area (TPSA) is 104 Å². The van der Waals surface area contributed by atoms with E-state index in [2.05, 4.69) is 15.5 Å². The Balaban J connectivity index is 0.000000320. The van der Waals surface area contributed by atoms with Gasteiger partial charge >= 0.3 is 0 Å². The second kappa shape index (κ2) is 10.1. The molecule has 0 saturated heterocycles. The molecule has 28 heavy (non-hydrogen) atoms. The predicted octanol–water partition coefficient (Wildman–Crippen LogP) is 4.60. The van der Waals surface area contributed by atoms with Crippen molar-refractivity contribution in [3.63, 3.8) is 0 Å². The van der Waals surface area contributed by atoms with Gasteiger partial charge in [-0.3, -0.25) is 9.89 Å². The highest BCUT2D eigenvalue weighted by Crippen LogP contribution is 2.36. The van der Waals surface area contributed by atoms with Gasteiger partial charge in [0.05, 0.1) is 18.0 Å². The lowest BCUT2D eigenvalue weighted by atomic mass is 9.93. The average molecular weight is 405 g/mol. The van der Waals surface area contributed by atoms with Crippen LogP contribution in [-0.2, 0) is 0 Å². The monoisotopic (exact) mass is 404 g/mol. The molecule has 154 valence electrons. The number of aromatic amines is 1. The number of primary amides is 1. The number of thiophene rings is 1. The molecule has 2 aromatic heterocycles. The molecule has 0 atom stereocenters. The number of aromatic nitrogens is 2. The first-order chi connectivity index (χ1) is 13.5. The summed E-state index contributed by atoms with van der Waals surface area (Å²) in [5.41, 5.74) is 8.25. The molecule has 0 aromatic carbocycles. The molecule has 0 spiro atoms. The van der Waals surface area contributed by atoms with Gasteiger partial charge in [-0.2, -0.15) is 5.10 Å². The fourth-order valence-electron chi connectivity index (χ4n) is 3.91. The zero-order valence-corrected chi connectivity index (χ0v) is 17.5. The zero-order valence-electron chi connectivity index (χ0n) is 16.7. The van der Waals surface area contributed by atoms with E-state index in [0.717, 1.165) is 47.5 Å². The third-order valence-corrected chi connectivity index (χ3v) is 6.79. The number of nitrogens with two attached hydrogens (primary N) is 1. The molecule has 2 aromatic rings. The second-order valence-corrected chi connectivity index (χ2v) is 8.95. The minimum absolute atomic E-state index is 0.194. The number of aryl methyl sites for hydroxylation is 1. The smallest absolute Gasteiger partial charge is 0.260 e. The van der Waals surface area contributed by atoms with Crippen molar-refractivity contribution in [2.75, 3.05) is 5.32 Å². The molecular weight excluding hydrogens is 372 g/mol. The van der Waals surface area contributed by atoms with Crippen molar-refractivity contribution in [3.8, 4) is 10.4 Å². The van der Waals surface area contributed by atoms with E-state index in [1.807, 2.05) is 13.0 Å². The second-order valence-electron chi connectivity index (χ2n) is 7.90. The van der Waals surface area contributed by atoms with Crippen molar-refractivity contribution in [3.05, 3.63) is 22.8 Å². The van der Waals surface area contributed by atoms with Crippen molar-refractivity contribution >= 4 is 22.9 Å². The Morgan fingerprint density at radius 1 is 1.18 bits per heavy atom. The SMILES string of the molecule is C1CCCCC1.Cc1[nH]ncc1-c1cc(NC2CCC(O)CC2)c(C(N)=O)s1. The van der Waals surface area contributed by atoms with E-state index in [0.29, 0.717) is 4.88 Å². The first-order valence-electron chi connectivity index (χ1n) is 10.4. The first-order valence-corrected chi connectivity index (χ1v) is 11.2. The molecule has 0 unspecified atom stereocenters. The van der Waals surface area contributed by atoms with Crippen molar-refractivity contribution in [1.29, 1.82) is 0 Å². The summed E-state index contributed by atoms with van der Waals surface area (Å²) in [6.45, 7) is 1.95. The molecule has 2 heterocycles. The van der Waals surface area contributed by atoms with E-state index in [4.69, 9.17) is 5.73 Å². The maximum atomic E-state index is 11.7. The molecule has 0 aliphatic heterocycles. The number of amides is 1. The Bertz CT molecular complexity index is 747. The van der Waals surface area contributed by atoms with Gasteiger partial charge in [-0.25, -0.2) is 0 Å². The van der Waals surface area contributed by atoms with Gasteiger partial charge in [0.2, 0.25) is 0 Å². The molecule has 1 amide bonds. The summed E-state index contributed by atoms with van der Waals surface area (Å²) < 4.78 is 0. The minimum atomic E-state index is -0.421. The van der Waals surface area contributed by atoms with E-state index < -0.39 is 5.91 Å². The summed E-state index contributed by atoms with van der Waals surface area (Å²) in [6, 6.07) is 2.24. The average Bonchev–Trinajstić information content (AvgIpc) is 3.31. The van der Waals surface area contributed by atoms with Crippen LogP contribution in [0.2, 0.25) is 0 Å². The standard InChI is InChI=1S/C15H20N4O2S.C6H12/c1-8-11(7-17-19-8)13-6-12(14(22-13)15(16)21)18-9-2-4-10(20)5-3-9;1-2-4-6-5-3-1/h6-7,9-10,18,20H,2-5H2,1H3,(H2,16,21)(H,17,19);1-6H2. The lowest BCUT2D eigenvalue weighted by Crippen LogP contribution is -2.28. The highest BCUT2D eigenvalue weighted by molar-refractivity contribution is 7.18. The van der Waals surface area contributed by atoms with Crippen molar-refractivity contribution in [2.24, 2.45) is 5.73 Å². The molecule has 7 heteroatoms. The molecule has 2 aliphatic carbocycles. The number of hydrogen-bond acceptors (Lipinski definition) is 5. The maximum Gasteiger partial charge on any atom is 0.260 e. The number of carbonyl (C=O) groups is 1. The molecule has 4 rings (SSSR count). The number of H-pyrrole nitrogens is 1. The maximum absolute atomic E-state index is 11.7. The number of anilines is 1. The minimum Gasteiger partial charge on any atom is -0.393 e. The van der Waals surface area contributed by atoms with Gasteiger partial charge in [0.1, 0.15) is 4.88 Å². The van der Waals surface area contributed by atoms with Crippen LogP contribution in [0, 0.1) is 6.92 Å². The van der Waals surface area contributed by atoms with Crippen LogP contribution < -0.4 is 11.1 Å². The number of hydrogen-bond donors (Lipinski definition) is 4. The van der Waals surface area contributed by atoms with Crippen LogP contribution in [0.25, 0.3) is 10.4 Å². The lowest BCUT2D eigenvalue weighted by molar-refractivity contribution is 0.100.